The molecule has 2 rings (SSSR count). The molecule has 0 bridgehead atoms. The van der Waals surface area contributed by atoms with Gasteiger partial charge in [-0.2, -0.15) is 0 Å². The van der Waals surface area contributed by atoms with Crippen LogP contribution in [0.2, 0.25) is 0 Å². The van der Waals surface area contributed by atoms with E-state index in [1.807, 2.05) is 0 Å². The molecule has 17 heavy (non-hydrogen) atoms. The van der Waals surface area contributed by atoms with Crippen LogP contribution in [0.4, 0.5) is 0 Å². The lowest BCUT2D eigenvalue weighted by Crippen LogP contribution is -2.51. The van der Waals surface area contributed by atoms with Crippen molar-refractivity contribution in [2.45, 2.75) is 58.4 Å². The van der Waals surface area contributed by atoms with Crippen molar-refractivity contribution in [3.05, 3.63) is 0 Å². The molecule has 2 N–H and O–H groups in total. The summed E-state index contributed by atoms with van der Waals surface area (Å²) in [5.41, 5.74) is 5.97. The van der Waals surface area contributed by atoms with Crippen LogP contribution in [-0.4, -0.2) is 30.6 Å². The molecule has 3 atom stereocenters. The molecule has 1 saturated carbocycles. The molecule has 0 aromatic carbocycles. The van der Waals surface area contributed by atoms with Crippen LogP contribution < -0.4 is 5.73 Å². The van der Waals surface area contributed by atoms with Crippen LogP contribution in [0.25, 0.3) is 0 Å². The zero-order valence-corrected chi connectivity index (χ0v) is 11.7. The number of nitrogens with zero attached hydrogens (tertiary/aromatic N) is 1. The Morgan fingerprint density at radius 1 is 1.18 bits per heavy atom. The Hall–Kier alpha value is -0.0800. The van der Waals surface area contributed by atoms with E-state index in [0.717, 1.165) is 24.3 Å². The minimum absolute atomic E-state index is 0.646. The van der Waals surface area contributed by atoms with Crippen molar-refractivity contribution in [3.63, 3.8) is 0 Å². The standard InChI is InChI=1S/C15H30N2/c1-12-9-13(2)15(10-16)17(11-12)8-7-14-5-3-4-6-14/h12-15H,3-11,16H2,1-2H3. The maximum atomic E-state index is 5.97. The van der Waals surface area contributed by atoms with Crippen molar-refractivity contribution >= 4 is 0 Å². The number of rotatable bonds is 4. The van der Waals surface area contributed by atoms with Gasteiger partial charge in [0, 0.05) is 19.1 Å². The first-order chi connectivity index (χ1) is 8.20. The molecule has 3 unspecified atom stereocenters. The van der Waals surface area contributed by atoms with Gasteiger partial charge in [-0.1, -0.05) is 39.5 Å². The predicted octanol–water partition coefficient (Wildman–Crippen LogP) is 2.87. The lowest BCUT2D eigenvalue weighted by molar-refractivity contribution is 0.0684. The van der Waals surface area contributed by atoms with Gasteiger partial charge in [-0.15, -0.1) is 0 Å². The Kier molecular flexibility index (Phi) is 4.87. The lowest BCUT2D eigenvalue weighted by atomic mass is 9.84. The fourth-order valence-electron chi connectivity index (χ4n) is 4.05. The second kappa shape index (κ2) is 6.19. The second-order valence-corrected chi connectivity index (χ2v) is 6.56. The molecule has 1 saturated heterocycles. The van der Waals surface area contributed by atoms with E-state index in [2.05, 4.69) is 18.7 Å². The third-order valence-electron chi connectivity index (χ3n) is 4.99. The van der Waals surface area contributed by atoms with Gasteiger partial charge in [0.25, 0.3) is 0 Å². The van der Waals surface area contributed by atoms with Crippen molar-refractivity contribution in [2.24, 2.45) is 23.5 Å². The van der Waals surface area contributed by atoms with Gasteiger partial charge < -0.3 is 5.73 Å². The van der Waals surface area contributed by atoms with Gasteiger partial charge in [-0.05, 0) is 37.1 Å². The quantitative estimate of drug-likeness (QED) is 0.816. The SMILES string of the molecule is CC1CC(C)C(CN)N(CCC2CCCC2)C1. The minimum Gasteiger partial charge on any atom is -0.329 e. The summed E-state index contributed by atoms with van der Waals surface area (Å²) >= 11 is 0. The highest BCUT2D eigenvalue weighted by molar-refractivity contribution is 4.86. The maximum absolute atomic E-state index is 5.97. The fourth-order valence-corrected chi connectivity index (χ4v) is 4.05. The monoisotopic (exact) mass is 238 g/mol. The number of hydrogen-bond acceptors (Lipinski definition) is 2. The van der Waals surface area contributed by atoms with Crippen molar-refractivity contribution in [1.82, 2.24) is 4.90 Å². The van der Waals surface area contributed by atoms with Gasteiger partial charge in [0.1, 0.15) is 0 Å². The van der Waals surface area contributed by atoms with Crippen LogP contribution in [0.3, 0.4) is 0 Å². The highest BCUT2D eigenvalue weighted by Gasteiger charge is 2.31. The Bertz CT molecular complexity index is 223. The summed E-state index contributed by atoms with van der Waals surface area (Å²) in [6.07, 6.45) is 8.67. The molecule has 0 aromatic rings. The van der Waals surface area contributed by atoms with Crippen LogP contribution in [0.5, 0.6) is 0 Å². The summed E-state index contributed by atoms with van der Waals surface area (Å²) < 4.78 is 0. The molecular weight excluding hydrogens is 208 g/mol. The average Bonchev–Trinajstić information content (AvgIpc) is 2.78. The zero-order chi connectivity index (χ0) is 12.3. The minimum atomic E-state index is 0.646. The van der Waals surface area contributed by atoms with E-state index in [9.17, 15) is 0 Å². The van der Waals surface area contributed by atoms with Crippen LogP contribution in [0, 0.1) is 17.8 Å². The van der Waals surface area contributed by atoms with Crippen molar-refractivity contribution < 1.29 is 0 Å². The third kappa shape index (κ3) is 3.45. The summed E-state index contributed by atoms with van der Waals surface area (Å²) in [7, 11) is 0. The smallest absolute Gasteiger partial charge is 0.0244 e. The van der Waals surface area contributed by atoms with E-state index in [0.29, 0.717) is 6.04 Å². The molecule has 2 fully saturated rings. The van der Waals surface area contributed by atoms with E-state index >= 15 is 0 Å². The van der Waals surface area contributed by atoms with Crippen molar-refractivity contribution in [2.75, 3.05) is 19.6 Å². The summed E-state index contributed by atoms with van der Waals surface area (Å²) in [6, 6.07) is 0.646. The number of hydrogen-bond donors (Lipinski definition) is 1. The summed E-state index contributed by atoms with van der Waals surface area (Å²) in [4.78, 5) is 2.69. The van der Waals surface area contributed by atoms with Gasteiger partial charge in [-0.25, -0.2) is 0 Å². The normalized spacial score (nSPS) is 36.5. The Morgan fingerprint density at radius 3 is 2.53 bits per heavy atom. The number of likely N-dealkylation sites (tertiary alicyclic amines) is 1. The fraction of sp³-hybridized carbons (Fsp3) is 1.00. The Labute approximate surface area is 107 Å². The molecular formula is C15H30N2. The summed E-state index contributed by atoms with van der Waals surface area (Å²) in [5, 5.41) is 0. The maximum Gasteiger partial charge on any atom is 0.0244 e. The molecule has 2 aliphatic rings. The van der Waals surface area contributed by atoms with Gasteiger partial charge in [-0.3, -0.25) is 4.90 Å². The van der Waals surface area contributed by atoms with E-state index < -0.39 is 0 Å². The molecule has 1 heterocycles. The largest absolute Gasteiger partial charge is 0.329 e. The van der Waals surface area contributed by atoms with Gasteiger partial charge >= 0.3 is 0 Å². The molecule has 1 aliphatic heterocycles. The lowest BCUT2D eigenvalue weighted by Gasteiger charge is -2.42. The topological polar surface area (TPSA) is 29.3 Å². The molecule has 100 valence electrons. The molecule has 2 nitrogen and oxygen atoms in total. The van der Waals surface area contributed by atoms with Crippen LogP contribution >= 0.6 is 0 Å². The van der Waals surface area contributed by atoms with E-state index in [4.69, 9.17) is 5.73 Å². The molecule has 0 radical (unpaired) electrons. The highest BCUT2D eigenvalue weighted by atomic mass is 15.2. The van der Waals surface area contributed by atoms with Crippen LogP contribution in [0.15, 0.2) is 0 Å². The summed E-state index contributed by atoms with van der Waals surface area (Å²) in [5.74, 6) is 2.66. The van der Waals surface area contributed by atoms with Gasteiger partial charge in [0.2, 0.25) is 0 Å². The predicted molar refractivity (Wildman–Crippen MR) is 73.9 cm³/mol. The zero-order valence-electron chi connectivity index (χ0n) is 11.7. The first-order valence-corrected chi connectivity index (χ1v) is 7.64. The molecule has 0 amide bonds. The number of piperidine rings is 1. The van der Waals surface area contributed by atoms with E-state index in [1.54, 1.807) is 0 Å². The first kappa shape index (κ1) is 13.4. The molecule has 2 heteroatoms. The third-order valence-corrected chi connectivity index (χ3v) is 4.99. The highest BCUT2D eigenvalue weighted by Crippen LogP contribution is 2.30. The molecule has 1 aliphatic carbocycles. The molecule has 0 aromatic heterocycles. The van der Waals surface area contributed by atoms with E-state index in [1.165, 1.54) is 51.6 Å². The second-order valence-electron chi connectivity index (χ2n) is 6.56. The number of nitrogens with two attached hydrogens (primary N) is 1. The van der Waals surface area contributed by atoms with Crippen molar-refractivity contribution in [3.8, 4) is 0 Å². The van der Waals surface area contributed by atoms with Crippen LogP contribution in [-0.2, 0) is 0 Å². The van der Waals surface area contributed by atoms with Gasteiger partial charge in [0.05, 0.1) is 0 Å². The molecule has 0 spiro atoms. The average molecular weight is 238 g/mol. The Morgan fingerprint density at radius 2 is 1.88 bits per heavy atom. The Balaban J connectivity index is 1.83. The first-order valence-electron chi connectivity index (χ1n) is 7.64. The summed E-state index contributed by atoms with van der Waals surface area (Å²) in [6.45, 7) is 8.19. The van der Waals surface area contributed by atoms with E-state index in [-0.39, 0.29) is 0 Å². The van der Waals surface area contributed by atoms with Crippen LogP contribution in [0.1, 0.15) is 52.4 Å². The van der Waals surface area contributed by atoms with Crippen molar-refractivity contribution in [1.29, 1.82) is 0 Å². The van der Waals surface area contributed by atoms with Gasteiger partial charge in [0.15, 0.2) is 0 Å².